The average Bonchev–Trinajstić information content (AvgIpc) is 2.68. The fourth-order valence-corrected chi connectivity index (χ4v) is 3.39. The lowest BCUT2D eigenvalue weighted by Crippen LogP contribution is -2.37. The maximum absolute atomic E-state index is 13.0. The van der Waals surface area contributed by atoms with E-state index in [1.54, 1.807) is 24.3 Å². The van der Waals surface area contributed by atoms with Crippen molar-refractivity contribution in [2.45, 2.75) is 79.6 Å². The number of benzene rings is 1. The van der Waals surface area contributed by atoms with Gasteiger partial charge in [0.25, 0.3) is 5.91 Å². The topological polar surface area (TPSA) is 46.6 Å². The normalized spacial score (nSPS) is 11.1. The molecule has 0 aliphatic rings. The van der Waals surface area contributed by atoms with Crippen LogP contribution in [0.3, 0.4) is 0 Å². The second-order valence-corrected chi connectivity index (χ2v) is 8.84. The van der Waals surface area contributed by atoms with E-state index in [9.17, 15) is 9.59 Å². The van der Waals surface area contributed by atoms with Crippen LogP contribution in [0.25, 0.3) is 0 Å². The summed E-state index contributed by atoms with van der Waals surface area (Å²) in [5, 5.41) is 0. The molecule has 1 aromatic rings. The molecule has 0 aromatic heterocycles. The Morgan fingerprint density at radius 3 is 2.00 bits per heavy atom. The van der Waals surface area contributed by atoms with Crippen LogP contribution < -0.4 is 0 Å². The predicted octanol–water partition coefficient (Wildman–Crippen LogP) is 6.35. The highest BCUT2D eigenvalue weighted by Crippen LogP contribution is 2.14. The van der Waals surface area contributed by atoms with Gasteiger partial charge in [-0.2, -0.15) is 0 Å². The van der Waals surface area contributed by atoms with Crippen molar-refractivity contribution < 1.29 is 14.3 Å². The fourth-order valence-electron chi connectivity index (χ4n) is 3.39. The highest BCUT2D eigenvalue weighted by Gasteiger charge is 2.19. The first kappa shape index (κ1) is 25.2. The second kappa shape index (κ2) is 14.2. The van der Waals surface area contributed by atoms with E-state index in [-0.39, 0.29) is 11.9 Å². The molecule has 0 atom stereocenters. The Bertz CT molecular complexity index is 600. The lowest BCUT2D eigenvalue weighted by atomic mass is 10.1. The molecular weight excluding hydrogens is 362 g/mol. The van der Waals surface area contributed by atoms with Crippen LogP contribution in [0.5, 0.6) is 0 Å². The van der Waals surface area contributed by atoms with Gasteiger partial charge < -0.3 is 9.64 Å². The number of amides is 1. The number of esters is 1. The number of unbranched alkanes of at least 4 members (excludes halogenated alkanes) is 6. The van der Waals surface area contributed by atoms with Crippen molar-refractivity contribution >= 4 is 11.9 Å². The molecule has 0 unspecified atom stereocenters. The molecular formula is C25H41NO3. The third kappa shape index (κ3) is 10.5. The highest BCUT2D eigenvalue weighted by atomic mass is 16.5. The summed E-state index contributed by atoms with van der Waals surface area (Å²) in [6, 6.07) is 6.94. The second-order valence-electron chi connectivity index (χ2n) is 8.84. The Kier molecular flexibility index (Phi) is 12.3. The Hall–Kier alpha value is -1.84. The molecule has 0 saturated heterocycles. The number of nitrogens with zero attached hydrogens (tertiary/aromatic N) is 1. The quantitative estimate of drug-likeness (QED) is 0.269. The first-order chi connectivity index (χ1) is 13.8. The fraction of sp³-hybridized carbons (Fsp3) is 0.680. The zero-order valence-electron chi connectivity index (χ0n) is 19.2. The van der Waals surface area contributed by atoms with E-state index in [2.05, 4.69) is 34.6 Å². The summed E-state index contributed by atoms with van der Waals surface area (Å²) in [5.74, 6) is 0.430. The van der Waals surface area contributed by atoms with Gasteiger partial charge >= 0.3 is 5.97 Å². The van der Waals surface area contributed by atoms with E-state index in [0.717, 1.165) is 12.8 Å². The summed E-state index contributed by atoms with van der Waals surface area (Å²) in [7, 11) is 0. The standard InChI is InChI=1S/C25H41NO3/c1-6-7-8-9-10-11-12-16-29-25(28)23-15-13-14-22(17-23)24(27)26(18-20(2)3)19-21(4)5/h13-15,17,20-21H,6-12,16,18-19H2,1-5H3. The molecule has 0 N–H and O–H groups in total. The zero-order chi connectivity index (χ0) is 21.6. The van der Waals surface area contributed by atoms with E-state index in [1.165, 1.54) is 32.1 Å². The van der Waals surface area contributed by atoms with Crippen molar-refractivity contribution in [3.8, 4) is 0 Å². The van der Waals surface area contributed by atoms with Crippen LogP contribution in [-0.4, -0.2) is 36.5 Å². The van der Waals surface area contributed by atoms with Crippen LogP contribution in [0.15, 0.2) is 24.3 Å². The molecule has 0 fully saturated rings. The van der Waals surface area contributed by atoms with E-state index < -0.39 is 0 Å². The molecule has 4 nitrogen and oxygen atoms in total. The summed E-state index contributed by atoms with van der Waals surface area (Å²) in [6.45, 7) is 12.5. The minimum Gasteiger partial charge on any atom is -0.462 e. The molecule has 0 radical (unpaired) electrons. The van der Waals surface area contributed by atoms with Crippen LogP contribution in [-0.2, 0) is 4.74 Å². The van der Waals surface area contributed by atoms with E-state index in [4.69, 9.17) is 4.74 Å². The molecule has 0 bridgehead atoms. The molecule has 1 amide bonds. The molecule has 0 saturated carbocycles. The van der Waals surface area contributed by atoms with Crippen LogP contribution in [0.4, 0.5) is 0 Å². The van der Waals surface area contributed by atoms with Gasteiger partial charge in [0.1, 0.15) is 0 Å². The van der Waals surface area contributed by atoms with Gasteiger partial charge in [-0.1, -0.05) is 79.2 Å². The Labute approximate surface area is 178 Å². The van der Waals surface area contributed by atoms with Crippen LogP contribution in [0.2, 0.25) is 0 Å². The number of carbonyl (C=O) groups excluding carboxylic acids is 2. The van der Waals surface area contributed by atoms with E-state index in [1.807, 2.05) is 4.90 Å². The average molecular weight is 404 g/mol. The molecule has 0 spiro atoms. The van der Waals surface area contributed by atoms with Gasteiger partial charge in [-0.15, -0.1) is 0 Å². The third-order valence-electron chi connectivity index (χ3n) is 4.78. The monoisotopic (exact) mass is 403 g/mol. The van der Waals surface area contributed by atoms with Gasteiger partial charge in [0.15, 0.2) is 0 Å². The molecule has 1 rings (SSSR count). The lowest BCUT2D eigenvalue weighted by molar-refractivity contribution is 0.0497. The van der Waals surface area contributed by atoms with E-state index in [0.29, 0.717) is 42.7 Å². The summed E-state index contributed by atoms with van der Waals surface area (Å²) in [4.78, 5) is 27.2. The van der Waals surface area contributed by atoms with Crippen molar-refractivity contribution in [1.29, 1.82) is 0 Å². The Morgan fingerprint density at radius 1 is 0.862 bits per heavy atom. The smallest absolute Gasteiger partial charge is 0.338 e. The van der Waals surface area contributed by atoms with Crippen molar-refractivity contribution in [1.82, 2.24) is 4.90 Å². The van der Waals surface area contributed by atoms with Crippen LogP contribution in [0.1, 0.15) is 100 Å². The van der Waals surface area contributed by atoms with Crippen LogP contribution >= 0.6 is 0 Å². The van der Waals surface area contributed by atoms with Gasteiger partial charge in [-0.3, -0.25) is 4.79 Å². The minimum absolute atomic E-state index is 0.0193. The van der Waals surface area contributed by atoms with Gasteiger partial charge in [-0.25, -0.2) is 4.79 Å². The number of ether oxygens (including phenoxy) is 1. The summed E-state index contributed by atoms with van der Waals surface area (Å²) < 4.78 is 5.42. The number of rotatable bonds is 14. The largest absolute Gasteiger partial charge is 0.462 e. The molecule has 4 heteroatoms. The Morgan fingerprint density at radius 2 is 1.41 bits per heavy atom. The molecule has 29 heavy (non-hydrogen) atoms. The van der Waals surface area contributed by atoms with E-state index >= 15 is 0 Å². The summed E-state index contributed by atoms with van der Waals surface area (Å²) in [5.41, 5.74) is 1.00. The first-order valence-electron chi connectivity index (χ1n) is 11.4. The van der Waals surface area contributed by atoms with Crippen molar-refractivity contribution in [2.24, 2.45) is 11.8 Å². The van der Waals surface area contributed by atoms with Gasteiger partial charge in [0.2, 0.25) is 0 Å². The van der Waals surface area contributed by atoms with Gasteiger partial charge in [-0.05, 0) is 36.5 Å². The maximum Gasteiger partial charge on any atom is 0.338 e. The number of carbonyl (C=O) groups is 2. The maximum atomic E-state index is 13.0. The van der Waals surface area contributed by atoms with Crippen molar-refractivity contribution in [2.75, 3.05) is 19.7 Å². The van der Waals surface area contributed by atoms with Gasteiger partial charge in [0, 0.05) is 18.7 Å². The van der Waals surface area contributed by atoms with Gasteiger partial charge in [0.05, 0.1) is 12.2 Å². The Balaban J connectivity index is 2.57. The van der Waals surface area contributed by atoms with Crippen molar-refractivity contribution in [3.63, 3.8) is 0 Å². The van der Waals surface area contributed by atoms with Crippen molar-refractivity contribution in [3.05, 3.63) is 35.4 Å². The third-order valence-corrected chi connectivity index (χ3v) is 4.78. The highest BCUT2D eigenvalue weighted by molar-refractivity contribution is 5.98. The summed E-state index contributed by atoms with van der Waals surface area (Å²) in [6.07, 6.45) is 8.30. The zero-order valence-corrected chi connectivity index (χ0v) is 19.2. The molecule has 1 aromatic carbocycles. The summed E-state index contributed by atoms with van der Waals surface area (Å²) >= 11 is 0. The first-order valence-corrected chi connectivity index (χ1v) is 11.4. The SMILES string of the molecule is CCCCCCCCCOC(=O)c1cccc(C(=O)N(CC(C)C)CC(C)C)c1. The molecule has 164 valence electrons. The molecule has 0 aliphatic carbocycles. The molecule has 0 aliphatic heterocycles. The van der Waals surface area contributed by atoms with Crippen LogP contribution in [0, 0.1) is 11.8 Å². The predicted molar refractivity (Wildman–Crippen MR) is 120 cm³/mol. The molecule has 0 heterocycles. The lowest BCUT2D eigenvalue weighted by Gasteiger charge is -2.26. The minimum atomic E-state index is -0.343. The number of hydrogen-bond acceptors (Lipinski definition) is 3. The number of hydrogen-bond donors (Lipinski definition) is 0.